The van der Waals surface area contributed by atoms with E-state index >= 15 is 0 Å². The predicted molar refractivity (Wildman–Crippen MR) is 93.6 cm³/mol. The first-order valence-electron chi connectivity index (χ1n) is 8.13. The summed E-state index contributed by atoms with van der Waals surface area (Å²) in [4.78, 5) is 24.3. The van der Waals surface area contributed by atoms with Gasteiger partial charge in [-0.2, -0.15) is 0 Å². The molecular formula is C20H21NO3. The minimum Gasteiger partial charge on any atom is -0.496 e. The molecule has 1 aliphatic rings. The Morgan fingerprint density at radius 3 is 2.25 bits per heavy atom. The molecule has 1 amide bonds. The molecule has 2 aromatic rings. The Balaban J connectivity index is 1.85. The van der Waals surface area contributed by atoms with Crippen molar-refractivity contribution in [2.45, 2.75) is 31.6 Å². The highest BCUT2D eigenvalue weighted by atomic mass is 16.5. The zero-order valence-corrected chi connectivity index (χ0v) is 14.0. The van der Waals surface area contributed by atoms with E-state index in [4.69, 9.17) is 4.74 Å². The normalized spacial score (nSPS) is 15.2. The molecule has 0 aromatic heterocycles. The van der Waals surface area contributed by atoms with E-state index in [1.807, 2.05) is 24.3 Å². The van der Waals surface area contributed by atoms with Crippen LogP contribution in [0.5, 0.6) is 5.75 Å². The lowest BCUT2D eigenvalue weighted by Crippen LogP contribution is -2.46. The van der Waals surface area contributed by atoms with Gasteiger partial charge in [-0.1, -0.05) is 24.6 Å². The second-order valence-electron chi connectivity index (χ2n) is 6.22. The van der Waals surface area contributed by atoms with Crippen molar-refractivity contribution in [2.24, 2.45) is 0 Å². The molecule has 3 rings (SSSR count). The third kappa shape index (κ3) is 2.80. The van der Waals surface area contributed by atoms with Crippen LogP contribution in [0.2, 0.25) is 0 Å². The standard InChI is InChI=1S/C20H21NO3/c1-14(22)15-8-10-16(11-9-15)21-19(23)20(12-5-13-20)17-6-3-4-7-18(17)24-2/h3-4,6-11H,5,12-13H2,1-2H3,(H,21,23). The predicted octanol–water partition coefficient (Wildman–Crippen LogP) is 3.96. The molecule has 1 saturated carbocycles. The fourth-order valence-corrected chi connectivity index (χ4v) is 3.23. The summed E-state index contributed by atoms with van der Waals surface area (Å²) in [6, 6.07) is 14.7. The van der Waals surface area contributed by atoms with Gasteiger partial charge in [-0.25, -0.2) is 0 Å². The summed E-state index contributed by atoms with van der Waals surface area (Å²) in [5.41, 5.74) is 1.74. The molecule has 4 heteroatoms. The van der Waals surface area contributed by atoms with Gasteiger partial charge >= 0.3 is 0 Å². The number of methoxy groups -OCH3 is 1. The minimum absolute atomic E-state index is 0.0114. The molecule has 1 aliphatic carbocycles. The van der Waals surface area contributed by atoms with Crippen molar-refractivity contribution >= 4 is 17.4 Å². The fourth-order valence-electron chi connectivity index (χ4n) is 3.23. The molecule has 0 atom stereocenters. The Bertz CT molecular complexity index is 761. The van der Waals surface area contributed by atoms with E-state index in [9.17, 15) is 9.59 Å². The maximum Gasteiger partial charge on any atom is 0.235 e. The first-order valence-corrected chi connectivity index (χ1v) is 8.13. The number of amides is 1. The van der Waals surface area contributed by atoms with E-state index in [1.165, 1.54) is 6.92 Å². The molecule has 0 aliphatic heterocycles. The van der Waals surface area contributed by atoms with Gasteiger partial charge in [0, 0.05) is 16.8 Å². The van der Waals surface area contributed by atoms with Gasteiger partial charge in [0.25, 0.3) is 0 Å². The summed E-state index contributed by atoms with van der Waals surface area (Å²) in [6.07, 6.45) is 2.64. The summed E-state index contributed by atoms with van der Waals surface area (Å²) >= 11 is 0. The van der Waals surface area contributed by atoms with Gasteiger partial charge < -0.3 is 10.1 Å². The van der Waals surface area contributed by atoms with Crippen LogP contribution < -0.4 is 10.1 Å². The Kier molecular flexibility index (Phi) is 4.38. The number of hydrogen-bond acceptors (Lipinski definition) is 3. The van der Waals surface area contributed by atoms with E-state index in [1.54, 1.807) is 31.4 Å². The largest absolute Gasteiger partial charge is 0.496 e. The Morgan fingerprint density at radius 2 is 1.71 bits per heavy atom. The number of benzene rings is 2. The van der Waals surface area contributed by atoms with E-state index < -0.39 is 5.41 Å². The summed E-state index contributed by atoms with van der Waals surface area (Å²) in [6.45, 7) is 1.53. The quantitative estimate of drug-likeness (QED) is 0.847. The molecule has 1 fully saturated rings. The Hall–Kier alpha value is -2.62. The molecule has 24 heavy (non-hydrogen) atoms. The second-order valence-corrected chi connectivity index (χ2v) is 6.22. The second kappa shape index (κ2) is 6.48. The van der Waals surface area contributed by atoms with Crippen LogP contribution in [0, 0.1) is 0 Å². The van der Waals surface area contributed by atoms with Crippen LogP contribution in [-0.4, -0.2) is 18.8 Å². The van der Waals surface area contributed by atoms with E-state index in [0.29, 0.717) is 11.3 Å². The van der Waals surface area contributed by atoms with Crippen molar-refractivity contribution in [1.29, 1.82) is 0 Å². The minimum atomic E-state index is -0.536. The number of para-hydroxylation sites is 1. The smallest absolute Gasteiger partial charge is 0.235 e. The molecule has 0 radical (unpaired) electrons. The summed E-state index contributed by atoms with van der Waals surface area (Å²) in [5, 5.41) is 2.99. The first kappa shape index (κ1) is 16.2. The monoisotopic (exact) mass is 323 g/mol. The van der Waals surface area contributed by atoms with Crippen LogP contribution in [0.25, 0.3) is 0 Å². The number of hydrogen-bond donors (Lipinski definition) is 1. The van der Waals surface area contributed by atoms with Crippen LogP contribution in [0.4, 0.5) is 5.69 Å². The molecule has 0 bridgehead atoms. The molecule has 0 heterocycles. The lowest BCUT2D eigenvalue weighted by atomic mass is 9.63. The van der Waals surface area contributed by atoms with Gasteiger partial charge in [0.15, 0.2) is 5.78 Å². The molecule has 1 N–H and O–H groups in total. The van der Waals surface area contributed by atoms with Crippen LogP contribution >= 0.6 is 0 Å². The third-order valence-electron chi connectivity index (χ3n) is 4.81. The summed E-state index contributed by atoms with van der Waals surface area (Å²) in [7, 11) is 1.63. The van der Waals surface area contributed by atoms with Gasteiger partial charge in [-0.3, -0.25) is 9.59 Å². The van der Waals surface area contributed by atoms with Gasteiger partial charge in [0.1, 0.15) is 5.75 Å². The van der Waals surface area contributed by atoms with Crippen LogP contribution in [-0.2, 0) is 10.2 Å². The molecule has 2 aromatic carbocycles. The number of anilines is 1. The number of Topliss-reactive ketones (excluding diaryl/α,β-unsaturated/α-hetero) is 1. The third-order valence-corrected chi connectivity index (χ3v) is 4.81. The van der Waals surface area contributed by atoms with Gasteiger partial charge in [-0.05, 0) is 50.1 Å². The van der Waals surface area contributed by atoms with Gasteiger partial charge in [0.05, 0.1) is 12.5 Å². The lowest BCUT2D eigenvalue weighted by molar-refractivity contribution is -0.124. The summed E-state index contributed by atoms with van der Waals surface area (Å²) in [5.74, 6) is 0.741. The molecule has 0 unspecified atom stereocenters. The molecule has 0 spiro atoms. The van der Waals surface area contributed by atoms with Gasteiger partial charge in [0.2, 0.25) is 5.91 Å². The van der Waals surface area contributed by atoms with Gasteiger partial charge in [-0.15, -0.1) is 0 Å². The lowest BCUT2D eigenvalue weighted by Gasteiger charge is -2.41. The molecular weight excluding hydrogens is 302 g/mol. The maximum atomic E-state index is 13.0. The van der Waals surface area contributed by atoms with Crippen molar-refractivity contribution in [3.8, 4) is 5.75 Å². The van der Waals surface area contributed by atoms with Crippen molar-refractivity contribution in [3.63, 3.8) is 0 Å². The number of ketones is 1. The Labute approximate surface area is 141 Å². The van der Waals surface area contributed by atoms with Crippen molar-refractivity contribution in [3.05, 3.63) is 59.7 Å². The van der Waals surface area contributed by atoms with E-state index in [2.05, 4.69) is 5.32 Å². The summed E-state index contributed by atoms with van der Waals surface area (Å²) < 4.78 is 5.45. The Morgan fingerprint density at radius 1 is 1.04 bits per heavy atom. The zero-order valence-electron chi connectivity index (χ0n) is 14.0. The van der Waals surface area contributed by atoms with Crippen molar-refractivity contribution in [1.82, 2.24) is 0 Å². The number of carbonyl (C=O) groups excluding carboxylic acids is 2. The number of ether oxygens (including phenoxy) is 1. The number of nitrogens with one attached hydrogen (secondary N) is 1. The average molecular weight is 323 g/mol. The highest BCUT2D eigenvalue weighted by molar-refractivity contribution is 6.01. The fraction of sp³-hybridized carbons (Fsp3) is 0.300. The van der Waals surface area contributed by atoms with E-state index in [-0.39, 0.29) is 11.7 Å². The van der Waals surface area contributed by atoms with Crippen LogP contribution in [0.1, 0.15) is 42.1 Å². The maximum absolute atomic E-state index is 13.0. The SMILES string of the molecule is COc1ccccc1C1(C(=O)Nc2ccc(C(C)=O)cc2)CCC1. The van der Waals surface area contributed by atoms with E-state index in [0.717, 1.165) is 30.6 Å². The van der Waals surface area contributed by atoms with Crippen LogP contribution in [0.15, 0.2) is 48.5 Å². The zero-order chi connectivity index (χ0) is 17.2. The average Bonchev–Trinajstić information content (AvgIpc) is 2.55. The molecule has 4 nitrogen and oxygen atoms in total. The van der Waals surface area contributed by atoms with Crippen LogP contribution in [0.3, 0.4) is 0 Å². The van der Waals surface area contributed by atoms with Crippen molar-refractivity contribution < 1.29 is 14.3 Å². The number of rotatable bonds is 5. The highest BCUT2D eigenvalue weighted by Crippen LogP contribution is 2.47. The topological polar surface area (TPSA) is 55.4 Å². The number of carbonyl (C=O) groups is 2. The molecule has 0 saturated heterocycles. The first-order chi connectivity index (χ1) is 11.6. The highest BCUT2D eigenvalue weighted by Gasteiger charge is 2.47. The van der Waals surface area contributed by atoms with Crippen molar-refractivity contribution in [2.75, 3.05) is 12.4 Å². The molecule has 124 valence electrons.